The Balaban J connectivity index is 2.09. The van der Waals surface area contributed by atoms with Gasteiger partial charge in [-0.05, 0) is 11.6 Å². The van der Waals surface area contributed by atoms with Crippen LogP contribution in [0.3, 0.4) is 0 Å². The van der Waals surface area contributed by atoms with Crippen LogP contribution in [0.2, 0.25) is 5.02 Å². The summed E-state index contributed by atoms with van der Waals surface area (Å²) in [6.07, 6.45) is 3.17. The minimum Gasteiger partial charge on any atom is -0.481 e. The van der Waals surface area contributed by atoms with E-state index in [-0.39, 0.29) is 6.01 Å². The molecule has 0 radical (unpaired) electrons. The lowest BCUT2D eigenvalue weighted by Crippen LogP contribution is -2.04. The molecule has 0 aliphatic heterocycles. The van der Waals surface area contributed by atoms with E-state index >= 15 is 0 Å². The van der Waals surface area contributed by atoms with Gasteiger partial charge in [-0.2, -0.15) is 4.98 Å². The van der Waals surface area contributed by atoms with Crippen LogP contribution in [0.25, 0.3) is 0 Å². The molecule has 0 unspecified atom stereocenters. The normalized spacial score (nSPS) is 10.1. The van der Waals surface area contributed by atoms with E-state index in [2.05, 4.69) is 20.3 Å². The number of hydrogen-bond acceptors (Lipinski definition) is 6. The summed E-state index contributed by atoms with van der Waals surface area (Å²) in [5.41, 5.74) is 1.00. The number of hydrogen-bond donors (Lipinski definition) is 1. The van der Waals surface area contributed by atoms with Crippen LogP contribution in [0.15, 0.2) is 24.5 Å². The van der Waals surface area contributed by atoms with Crippen molar-refractivity contribution >= 4 is 17.4 Å². The van der Waals surface area contributed by atoms with E-state index in [0.717, 1.165) is 5.56 Å². The van der Waals surface area contributed by atoms with E-state index in [4.69, 9.17) is 21.1 Å². The van der Waals surface area contributed by atoms with Gasteiger partial charge in [0, 0.05) is 18.8 Å². The largest absolute Gasteiger partial charge is 0.481 e. The summed E-state index contributed by atoms with van der Waals surface area (Å²) in [6, 6.07) is 3.97. The quantitative estimate of drug-likeness (QED) is 0.905. The molecule has 2 aromatic rings. The molecule has 7 heteroatoms. The molecule has 0 aliphatic rings. The van der Waals surface area contributed by atoms with Crippen molar-refractivity contribution in [3.63, 3.8) is 0 Å². The van der Waals surface area contributed by atoms with Crippen molar-refractivity contribution in [1.29, 1.82) is 0 Å². The molecule has 0 bridgehead atoms. The van der Waals surface area contributed by atoms with Crippen LogP contribution in [0.4, 0.5) is 5.82 Å². The van der Waals surface area contributed by atoms with Crippen LogP contribution in [0.1, 0.15) is 5.56 Å². The summed E-state index contributed by atoms with van der Waals surface area (Å²) in [7, 11) is 3.08. The molecule has 19 heavy (non-hydrogen) atoms. The van der Waals surface area contributed by atoms with Gasteiger partial charge >= 0.3 is 6.01 Å². The van der Waals surface area contributed by atoms with Crippen LogP contribution >= 0.6 is 11.6 Å². The number of aromatic nitrogens is 3. The molecule has 2 heterocycles. The molecule has 6 nitrogen and oxygen atoms in total. The Morgan fingerprint density at radius 2 is 2.11 bits per heavy atom. The Morgan fingerprint density at radius 1 is 1.26 bits per heavy atom. The number of methoxy groups -OCH3 is 2. The molecule has 1 N–H and O–H groups in total. The molecule has 0 saturated heterocycles. The standard InChI is InChI=1S/C12H13ClN4O2/c1-18-10-5-8(3-4-14-10)6-15-11-9(13)7-16-12(17-11)19-2/h3-5,7H,6H2,1-2H3,(H,15,16,17). The average molecular weight is 281 g/mol. The molecule has 2 aromatic heterocycles. The molecular weight excluding hydrogens is 268 g/mol. The second-order valence-corrected chi connectivity index (χ2v) is 4.02. The molecule has 2 rings (SSSR count). The number of rotatable bonds is 5. The van der Waals surface area contributed by atoms with E-state index in [1.165, 1.54) is 13.3 Å². The van der Waals surface area contributed by atoms with Crippen LogP contribution in [0, 0.1) is 0 Å². The molecular formula is C12H13ClN4O2. The van der Waals surface area contributed by atoms with Gasteiger partial charge < -0.3 is 14.8 Å². The monoisotopic (exact) mass is 280 g/mol. The van der Waals surface area contributed by atoms with Crippen molar-refractivity contribution < 1.29 is 9.47 Å². The first-order valence-electron chi connectivity index (χ1n) is 5.52. The maximum Gasteiger partial charge on any atom is 0.318 e. The van der Waals surface area contributed by atoms with Gasteiger partial charge in [-0.3, -0.25) is 0 Å². The highest BCUT2D eigenvalue weighted by molar-refractivity contribution is 6.32. The smallest absolute Gasteiger partial charge is 0.318 e. The van der Waals surface area contributed by atoms with Crippen molar-refractivity contribution in [2.45, 2.75) is 6.54 Å². The molecule has 0 aromatic carbocycles. The van der Waals surface area contributed by atoms with Gasteiger partial charge in [0.15, 0.2) is 5.82 Å². The highest BCUT2D eigenvalue weighted by Gasteiger charge is 2.05. The lowest BCUT2D eigenvalue weighted by molar-refractivity contribution is 0.380. The van der Waals surface area contributed by atoms with Gasteiger partial charge in [-0.25, -0.2) is 9.97 Å². The first-order valence-corrected chi connectivity index (χ1v) is 5.90. The fraction of sp³-hybridized carbons (Fsp3) is 0.250. The van der Waals surface area contributed by atoms with E-state index < -0.39 is 0 Å². The third kappa shape index (κ3) is 3.45. The molecule has 0 saturated carbocycles. The minimum absolute atomic E-state index is 0.263. The van der Waals surface area contributed by atoms with Crippen molar-refractivity contribution in [3.8, 4) is 11.9 Å². The fourth-order valence-corrected chi connectivity index (χ4v) is 1.59. The number of nitrogens with one attached hydrogen (secondary N) is 1. The highest BCUT2D eigenvalue weighted by atomic mass is 35.5. The fourth-order valence-electron chi connectivity index (χ4n) is 1.43. The Labute approximate surface area is 115 Å². The minimum atomic E-state index is 0.263. The van der Waals surface area contributed by atoms with E-state index in [9.17, 15) is 0 Å². The zero-order valence-electron chi connectivity index (χ0n) is 10.6. The Kier molecular flexibility index (Phi) is 4.35. The van der Waals surface area contributed by atoms with Crippen molar-refractivity contribution in [2.75, 3.05) is 19.5 Å². The number of pyridine rings is 1. The number of halogens is 1. The molecule has 100 valence electrons. The van der Waals surface area contributed by atoms with E-state index in [1.807, 2.05) is 12.1 Å². The molecule has 0 aliphatic carbocycles. The zero-order valence-corrected chi connectivity index (χ0v) is 11.3. The van der Waals surface area contributed by atoms with Crippen LogP contribution in [-0.2, 0) is 6.54 Å². The van der Waals surface area contributed by atoms with Crippen molar-refractivity contribution in [1.82, 2.24) is 15.0 Å². The van der Waals surface area contributed by atoms with Gasteiger partial charge in [-0.1, -0.05) is 11.6 Å². The lowest BCUT2D eigenvalue weighted by Gasteiger charge is -2.08. The van der Waals surface area contributed by atoms with Crippen LogP contribution in [-0.4, -0.2) is 29.2 Å². The second kappa shape index (κ2) is 6.19. The topological polar surface area (TPSA) is 69.2 Å². The van der Waals surface area contributed by atoms with Gasteiger partial charge in [-0.15, -0.1) is 0 Å². The highest BCUT2D eigenvalue weighted by Crippen LogP contribution is 2.21. The van der Waals surface area contributed by atoms with Crippen molar-refractivity contribution in [3.05, 3.63) is 35.1 Å². The summed E-state index contributed by atoms with van der Waals surface area (Å²) >= 11 is 6.00. The predicted molar refractivity (Wildman–Crippen MR) is 71.7 cm³/mol. The summed E-state index contributed by atoms with van der Waals surface area (Å²) in [4.78, 5) is 12.1. The maximum atomic E-state index is 6.00. The first-order chi connectivity index (χ1) is 9.22. The first kappa shape index (κ1) is 13.4. The Hall–Kier alpha value is -2.08. The van der Waals surface area contributed by atoms with Gasteiger partial charge in [0.1, 0.15) is 5.02 Å². The molecule has 0 atom stereocenters. The average Bonchev–Trinajstić information content (AvgIpc) is 2.46. The SMILES string of the molecule is COc1cc(CNc2nc(OC)ncc2Cl)ccn1. The Bertz CT molecular complexity index is 565. The van der Waals surface area contributed by atoms with Crippen LogP contribution < -0.4 is 14.8 Å². The maximum absolute atomic E-state index is 6.00. The van der Waals surface area contributed by atoms with E-state index in [1.54, 1.807) is 13.3 Å². The third-order valence-corrected chi connectivity index (χ3v) is 2.65. The number of anilines is 1. The van der Waals surface area contributed by atoms with Gasteiger partial charge in [0.2, 0.25) is 5.88 Å². The summed E-state index contributed by atoms with van der Waals surface area (Å²) < 4.78 is 10.0. The molecule has 0 spiro atoms. The Morgan fingerprint density at radius 3 is 2.84 bits per heavy atom. The predicted octanol–water partition coefficient (Wildman–Crippen LogP) is 2.15. The van der Waals surface area contributed by atoms with Gasteiger partial charge in [0.05, 0.1) is 20.4 Å². The molecule has 0 fully saturated rings. The van der Waals surface area contributed by atoms with E-state index in [0.29, 0.717) is 23.3 Å². The summed E-state index contributed by atoms with van der Waals surface area (Å²) in [5, 5.41) is 3.54. The lowest BCUT2D eigenvalue weighted by atomic mass is 10.2. The zero-order chi connectivity index (χ0) is 13.7. The summed E-state index contributed by atoms with van der Waals surface area (Å²) in [5.74, 6) is 1.08. The van der Waals surface area contributed by atoms with Gasteiger partial charge in [0.25, 0.3) is 0 Å². The summed E-state index contributed by atoms with van der Waals surface area (Å²) in [6.45, 7) is 0.540. The second-order valence-electron chi connectivity index (χ2n) is 3.61. The number of ether oxygens (including phenoxy) is 2. The van der Waals surface area contributed by atoms with Crippen molar-refractivity contribution in [2.24, 2.45) is 0 Å². The number of nitrogens with zero attached hydrogens (tertiary/aromatic N) is 3. The third-order valence-electron chi connectivity index (χ3n) is 2.37. The van der Waals surface area contributed by atoms with Crippen LogP contribution in [0.5, 0.6) is 11.9 Å². The molecule has 0 amide bonds.